The van der Waals surface area contributed by atoms with Gasteiger partial charge in [0, 0.05) is 11.8 Å². The average Bonchev–Trinajstić information content (AvgIpc) is 2.33. The first-order valence-electron chi connectivity index (χ1n) is 4.90. The molecule has 2 rings (SSSR count). The van der Waals surface area contributed by atoms with Gasteiger partial charge in [-0.05, 0) is 42.8 Å². The normalized spacial score (nSPS) is 10.1. The number of halogens is 1. The molecular weight excluding hydrogens is 205 g/mol. The third-order valence-electron chi connectivity index (χ3n) is 2.32. The van der Waals surface area contributed by atoms with Crippen LogP contribution in [0, 0.1) is 12.7 Å². The minimum atomic E-state index is -0.308. The Morgan fingerprint density at radius 1 is 1.25 bits per heavy atom. The molecule has 0 aliphatic carbocycles. The Kier molecular flexibility index (Phi) is 2.77. The first-order chi connectivity index (χ1) is 7.68. The summed E-state index contributed by atoms with van der Waals surface area (Å²) in [7, 11) is 0. The SMILES string of the molecule is Cc1cc(C(=O)c2ccccn2)ccc1F. The predicted octanol–water partition coefficient (Wildman–Crippen LogP) is 2.76. The molecule has 0 saturated carbocycles. The van der Waals surface area contributed by atoms with E-state index in [2.05, 4.69) is 4.98 Å². The molecule has 0 aliphatic rings. The minimum Gasteiger partial charge on any atom is -0.287 e. The lowest BCUT2D eigenvalue weighted by atomic mass is 10.1. The van der Waals surface area contributed by atoms with Crippen LogP contribution in [0.15, 0.2) is 42.6 Å². The molecule has 0 amide bonds. The van der Waals surface area contributed by atoms with Gasteiger partial charge in [0.05, 0.1) is 0 Å². The average molecular weight is 215 g/mol. The number of ketones is 1. The number of benzene rings is 1. The summed E-state index contributed by atoms with van der Waals surface area (Å²) in [4.78, 5) is 15.9. The maximum Gasteiger partial charge on any atom is 0.211 e. The summed E-state index contributed by atoms with van der Waals surface area (Å²) >= 11 is 0. The molecule has 3 heteroatoms. The number of hydrogen-bond donors (Lipinski definition) is 0. The van der Waals surface area contributed by atoms with E-state index in [-0.39, 0.29) is 11.6 Å². The molecule has 0 saturated heterocycles. The van der Waals surface area contributed by atoms with Gasteiger partial charge in [-0.3, -0.25) is 9.78 Å². The van der Waals surface area contributed by atoms with Crippen molar-refractivity contribution in [3.8, 4) is 0 Å². The molecule has 16 heavy (non-hydrogen) atoms. The number of pyridine rings is 1. The van der Waals surface area contributed by atoms with E-state index in [1.54, 1.807) is 31.3 Å². The molecule has 0 unspecified atom stereocenters. The summed E-state index contributed by atoms with van der Waals surface area (Å²) in [5.41, 5.74) is 1.29. The van der Waals surface area contributed by atoms with Gasteiger partial charge in [0.2, 0.25) is 5.78 Å². The van der Waals surface area contributed by atoms with Crippen LogP contribution in [0.3, 0.4) is 0 Å². The highest BCUT2D eigenvalue weighted by Crippen LogP contribution is 2.12. The zero-order valence-electron chi connectivity index (χ0n) is 8.77. The fourth-order valence-corrected chi connectivity index (χ4v) is 1.43. The maximum absolute atomic E-state index is 13.0. The summed E-state index contributed by atoms with van der Waals surface area (Å²) in [6, 6.07) is 9.43. The Morgan fingerprint density at radius 2 is 2.06 bits per heavy atom. The molecule has 1 aromatic carbocycles. The molecule has 2 nitrogen and oxygen atoms in total. The van der Waals surface area contributed by atoms with Crippen LogP contribution in [0.5, 0.6) is 0 Å². The molecule has 2 aromatic rings. The quantitative estimate of drug-likeness (QED) is 0.721. The van der Waals surface area contributed by atoms with E-state index in [1.807, 2.05) is 0 Å². The highest BCUT2D eigenvalue weighted by atomic mass is 19.1. The van der Waals surface area contributed by atoms with Crippen LogP contribution in [-0.4, -0.2) is 10.8 Å². The van der Waals surface area contributed by atoms with Gasteiger partial charge in [0.1, 0.15) is 11.5 Å². The van der Waals surface area contributed by atoms with E-state index in [0.717, 1.165) is 0 Å². The molecule has 80 valence electrons. The summed E-state index contributed by atoms with van der Waals surface area (Å²) in [5.74, 6) is -0.499. The van der Waals surface area contributed by atoms with Gasteiger partial charge in [0.15, 0.2) is 0 Å². The summed E-state index contributed by atoms with van der Waals surface area (Å²) in [6.45, 7) is 1.63. The highest BCUT2D eigenvalue weighted by molar-refractivity contribution is 6.07. The van der Waals surface area contributed by atoms with Gasteiger partial charge in [-0.1, -0.05) is 6.07 Å². The maximum atomic E-state index is 13.0. The fourth-order valence-electron chi connectivity index (χ4n) is 1.43. The second-order valence-electron chi connectivity index (χ2n) is 3.51. The van der Waals surface area contributed by atoms with Crippen molar-refractivity contribution < 1.29 is 9.18 Å². The van der Waals surface area contributed by atoms with Crippen LogP contribution in [0.4, 0.5) is 4.39 Å². The number of nitrogens with zero attached hydrogens (tertiary/aromatic N) is 1. The molecular formula is C13H10FNO. The number of hydrogen-bond acceptors (Lipinski definition) is 2. The van der Waals surface area contributed by atoms with Crippen molar-refractivity contribution in [2.75, 3.05) is 0 Å². The second kappa shape index (κ2) is 4.23. The first kappa shape index (κ1) is 10.5. The molecule has 0 bridgehead atoms. The van der Waals surface area contributed by atoms with Crippen molar-refractivity contribution in [3.63, 3.8) is 0 Å². The van der Waals surface area contributed by atoms with E-state index in [4.69, 9.17) is 0 Å². The van der Waals surface area contributed by atoms with Gasteiger partial charge in [-0.15, -0.1) is 0 Å². The fraction of sp³-hybridized carbons (Fsp3) is 0.0769. The van der Waals surface area contributed by atoms with Gasteiger partial charge < -0.3 is 0 Å². The van der Waals surface area contributed by atoms with E-state index >= 15 is 0 Å². The smallest absolute Gasteiger partial charge is 0.211 e. The molecule has 1 aromatic heterocycles. The number of carbonyl (C=O) groups excluding carboxylic acids is 1. The molecule has 0 atom stereocenters. The Morgan fingerprint density at radius 3 is 2.69 bits per heavy atom. The lowest BCUT2D eigenvalue weighted by molar-refractivity contribution is 0.103. The Bertz CT molecular complexity index is 523. The van der Waals surface area contributed by atoms with Crippen LogP contribution in [-0.2, 0) is 0 Å². The second-order valence-corrected chi connectivity index (χ2v) is 3.51. The molecule has 0 fully saturated rings. The zero-order valence-corrected chi connectivity index (χ0v) is 8.77. The van der Waals surface area contributed by atoms with Crippen LogP contribution in [0.2, 0.25) is 0 Å². The number of aromatic nitrogens is 1. The minimum absolute atomic E-state index is 0.191. The van der Waals surface area contributed by atoms with Crippen LogP contribution < -0.4 is 0 Å². The Balaban J connectivity index is 2.39. The number of rotatable bonds is 2. The zero-order chi connectivity index (χ0) is 11.5. The molecule has 0 radical (unpaired) electrons. The van der Waals surface area contributed by atoms with Gasteiger partial charge >= 0.3 is 0 Å². The topological polar surface area (TPSA) is 30.0 Å². The predicted molar refractivity (Wildman–Crippen MR) is 58.8 cm³/mol. The number of carbonyl (C=O) groups is 1. The Hall–Kier alpha value is -2.03. The summed E-state index contributed by atoms with van der Waals surface area (Å²) in [5, 5.41) is 0. The van der Waals surface area contributed by atoms with Crippen LogP contribution in [0.25, 0.3) is 0 Å². The van der Waals surface area contributed by atoms with E-state index in [9.17, 15) is 9.18 Å². The molecule has 0 N–H and O–H groups in total. The summed E-state index contributed by atoms with van der Waals surface area (Å²) < 4.78 is 13.0. The van der Waals surface area contributed by atoms with Crippen molar-refractivity contribution in [1.82, 2.24) is 4.98 Å². The van der Waals surface area contributed by atoms with Crippen LogP contribution >= 0.6 is 0 Å². The lowest BCUT2D eigenvalue weighted by Gasteiger charge is -2.02. The molecule has 0 spiro atoms. The monoisotopic (exact) mass is 215 g/mol. The van der Waals surface area contributed by atoms with Gasteiger partial charge in [0.25, 0.3) is 0 Å². The molecule has 1 heterocycles. The standard InChI is InChI=1S/C13H10FNO/c1-9-8-10(5-6-11(9)14)13(16)12-4-2-3-7-15-12/h2-8H,1H3. The van der Waals surface area contributed by atoms with E-state index in [0.29, 0.717) is 16.8 Å². The summed E-state index contributed by atoms with van der Waals surface area (Å²) in [6.07, 6.45) is 1.56. The largest absolute Gasteiger partial charge is 0.287 e. The van der Waals surface area contributed by atoms with Gasteiger partial charge in [-0.2, -0.15) is 0 Å². The van der Waals surface area contributed by atoms with Crippen molar-refractivity contribution in [1.29, 1.82) is 0 Å². The van der Waals surface area contributed by atoms with Crippen molar-refractivity contribution in [3.05, 3.63) is 65.2 Å². The van der Waals surface area contributed by atoms with Gasteiger partial charge in [-0.25, -0.2) is 4.39 Å². The Labute approximate surface area is 92.8 Å². The first-order valence-corrected chi connectivity index (χ1v) is 4.90. The van der Waals surface area contributed by atoms with Crippen molar-refractivity contribution >= 4 is 5.78 Å². The van der Waals surface area contributed by atoms with Crippen molar-refractivity contribution in [2.45, 2.75) is 6.92 Å². The lowest BCUT2D eigenvalue weighted by Crippen LogP contribution is -2.04. The number of aryl methyl sites for hydroxylation is 1. The third-order valence-corrected chi connectivity index (χ3v) is 2.32. The van der Waals surface area contributed by atoms with Crippen molar-refractivity contribution in [2.24, 2.45) is 0 Å². The van der Waals surface area contributed by atoms with Crippen LogP contribution in [0.1, 0.15) is 21.6 Å². The third kappa shape index (κ3) is 1.98. The highest BCUT2D eigenvalue weighted by Gasteiger charge is 2.10. The van der Waals surface area contributed by atoms with E-state index < -0.39 is 0 Å². The van der Waals surface area contributed by atoms with E-state index in [1.165, 1.54) is 18.2 Å². The molecule has 0 aliphatic heterocycles.